The number of amides is 1. The summed E-state index contributed by atoms with van der Waals surface area (Å²) in [5.41, 5.74) is 3.04. The second kappa shape index (κ2) is 5.14. The summed E-state index contributed by atoms with van der Waals surface area (Å²) in [5, 5.41) is 9.06. The lowest BCUT2D eigenvalue weighted by Gasteiger charge is -2.28. The lowest BCUT2D eigenvalue weighted by Crippen LogP contribution is -2.37. The largest absolute Gasteiger partial charge is 0.334 e. The van der Waals surface area contributed by atoms with Crippen LogP contribution in [0.3, 0.4) is 0 Å². The highest BCUT2D eigenvalue weighted by molar-refractivity contribution is 5.96. The van der Waals surface area contributed by atoms with Crippen LogP contribution in [0.5, 0.6) is 0 Å². The van der Waals surface area contributed by atoms with Crippen LogP contribution in [0.1, 0.15) is 27.2 Å². The smallest absolute Gasteiger partial charge is 0.254 e. The predicted molar refractivity (Wildman–Crippen MR) is 73.8 cm³/mol. The van der Waals surface area contributed by atoms with E-state index in [-0.39, 0.29) is 5.91 Å². The number of carbonyl (C=O) groups is 1. The van der Waals surface area contributed by atoms with Gasteiger partial charge in [-0.2, -0.15) is 5.26 Å². The SMILES string of the molecule is N#Cc1ncccc1CN1CCc2ccccc2C1=O. The van der Waals surface area contributed by atoms with Crippen LogP contribution in [0.25, 0.3) is 0 Å². The highest BCUT2D eigenvalue weighted by atomic mass is 16.2. The highest BCUT2D eigenvalue weighted by Gasteiger charge is 2.24. The second-order valence-electron chi connectivity index (χ2n) is 4.76. The number of hydrogen-bond acceptors (Lipinski definition) is 3. The molecule has 0 radical (unpaired) electrons. The first-order valence-corrected chi connectivity index (χ1v) is 6.51. The van der Waals surface area contributed by atoms with Crippen molar-refractivity contribution in [1.82, 2.24) is 9.88 Å². The van der Waals surface area contributed by atoms with Gasteiger partial charge in [0, 0.05) is 30.4 Å². The van der Waals surface area contributed by atoms with Crippen molar-refractivity contribution in [2.24, 2.45) is 0 Å². The molecule has 1 aromatic heterocycles. The van der Waals surface area contributed by atoms with Crippen LogP contribution in [0, 0.1) is 11.3 Å². The molecule has 1 aliphatic rings. The maximum absolute atomic E-state index is 12.4. The van der Waals surface area contributed by atoms with Crippen molar-refractivity contribution < 1.29 is 4.79 Å². The zero-order chi connectivity index (χ0) is 13.9. The van der Waals surface area contributed by atoms with Crippen molar-refractivity contribution in [3.63, 3.8) is 0 Å². The number of aromatic nitrogens is 1. The Hall–Kier alpha value is -2.67. The Labute approximate surface area is 117 Å². The minimum Gasteiger partial charge on any atom is -0.334 e. The number of carbonyl (C=O) groups excluding carboxylic acids is 1. The van der Waals surface area contributed by atoms with Gasteiger partial charge in [-0.3, -0.25) is 4.79 Å². The van der Waals surface area contributed by atoms with E-state index in [9.17, 15) is 4.79 Å². The number of fused-ring (bicyclic) bond motifs is 1. The molecular formula is C16H13N3O. The molecular weight excluding hydrogens is 250 g/mol. The van der Waals surface area contributed by atoms with Crippen LogP contribution in [-0.2, 0) is 13.0 Å². The molecule has 1 aromatic carbocycles. The number of rotatable bonds is 2. The molecule has 0 atom stereocenters. The van der Waals surface area contributed by atoms with Gasteiger partial charge in [0.25, 0.3) is 5.91 Å². The number of hydrogen-bond donors (Lipinski definition) is 0. The monoisotopic (exact) mass is 263 g/mol. The fraction of sp³-hybridized carbons (Fsp3) is 0.188. The lowest BCUT2D eigenvalue weighted by atomic mass is 9.98. The standard InChI is InChI=1S/C16H13N3O/c17-10-15-13(5-3-8-18-15)11-19-9-7-12-4-1-2-6-14(12)16(19)20/h1-6,8H,7,9,11H2. The predicted octanol–water partition coefficient (Wildman–Crippen LogP) is 2.15. The Kier molecular flexibility index (Phi) is 3.18. The maximum atomic E-state index is 12.4. The topological polar surface area (TPSA) is 57.0 Å². The Morgan fingerprint density at radius 1 is 1.25 bits per heavy atom. The van der Waals surface area contributed by atoms with E-state index in [4.69, 9.17) is 5.26 Å². The molecule has 4 heteroatoms. The third kappa shape index (κ3) is 2.14. The fourth-order valence-corrected chi connectivity index (χ4v) is 2.50. The van der Waals surface area contributed by atoms with Gasteiger partial charge in [-0.15, -0.1) is 0 Å². The summed E-state index contributed by atoms with van der Waals surface area (Å²) in [5.74, 6) is 0.0274. The van der Waals surface area contributed by atoms with Crippen LogP contribution in [0.2, 0.25) is 0 Å². The summed E-state index contributed by atoms with van der Waals surface area (Å²) in [6.07, 6.45) is 2.44. The zero-order valence-electron chi connectivity index (χ0n) is 10.9. The zero-order valence-corrected chi connectivity index (χ0v) is 10.9. The van der Waals surface area contributed by atoms with Gasteiger partial charge >= 0.3 is 0 Å². The van der Waals surface area contributed by atoms with Crippen molar-refractivity contribution in [2.45, 2.75) is 13.0 Å². The van der Waals surface area contributed by atoms with E-state index >= 15 is 0 Å². The number of benzene rings is 1. The number of nitriles is 1. The van der Waals surface area contributed by atoms with E-state index in [0.29, 0.717) is 18.8 Å². The van der Waals surface area contributed by atoms with Crippen LogP contribution in [0.4, 0.5) is 0 Å². The minimum atomic E-state index is 0.0274. The number of nitrogens with zero attached hydrogens (tertiary/aromatic N) is 3. The van der Waals surface area contributed by atoms with Gasteiger partial charge in [0.1, 0.15) is 11.8 Å². The van der Waals surface area contributed by atoms with Crippen LogP contribution in [-0.4, -0.2) is 22.3 Å². The summed E-state index contributed by atoms with van der Waals surface area (Å²) in [7, 11) is 0. The molecule has 4 nitrogen and oxygen atoms in total. The Balaban J connectivity index is 1.87. The molecule has 0 spiro atoms. The summed E-state index contributed by atoms with van der Waals surface area (Å²) in [6.45, 7) is 1.11. The average Bonchev–Trinajstić information content (AvgIpc) is 2.51. The third-order valence-electron chi connectivity index (χ3n) is 3.54. The lowest BCUT2D eigenvalue weighted by molar-refractivity contribution is 0.0727. The molecule has 0 bridgehead atoms. The van der Waals surface area contributed by atoms with E-state index in [1.165, 1.54) is 0 Å². The molecule has 20 heavy (non-hydrogen) atoms. The Bertz CT molecular complexity index is 703. The summed E-state index contributed by atoms with van der Waals surface area (Å²) < 4.78 is 0. The van der Waals surface area contributed by atoms with E-state index in [1.54, 1.807) is 17.2 Å². The minimum absolute atomic E-state index is 0.0274. The summed E-state index contributed by atoms with van der Waals surface area (Å²) in [6, 6.07) is 13.4. The highest BCUT2D eigenvalue weighted by Crippen LogP contribution is 2.20. The average molecular weight is 263 g/mol. The Morgan fingerprint density at radius 3 is 2.95 bits per heavy atom. The van der Waals surface area contributed by atoms with Crippen molar-refractivity contribution in [1.29, 1.82) is 5.26 Å². The summed E-state index contributed by atoms with van der Waals surface area (Å²) in [4.78, 5) is 18.3. The first-order valence-electron chi connectivity index (χ1n) is 6.51. The molecule has 0 fully saturated rings. The number of pyridine rings is 1. The molecule has 2 heterocycles. The molecule has 1 amide bonds. The second-order valence-corrected chi connectivity index (χ2v) is 4.76. The van der Waals surface area contributed by atoms with Gasteiger partial charge in [0.2, 0.25) is 0 Å². The molecule has 0 N–H and O–H groups in total. The van der Waals surface area contributed by atoms with E-state index < -0.39 is 0 Å². The molecule has 0 aliphatic carbocycles. The first-order chi connectivity index (χ1) is 9.79. The van der Waals surface area contributed by atoms with Gasteiger partial charge < -0.3 is 4.90 Å². The van der Waals surface area contributed by atoms with Gasteiger partial charge in [-0.1, -0.05) is 24.3 Å². The van der Waals surface area contributed by atoms with Gasteiger partial charge in [0.05, 0.1) is 0 Å². The first kappa shape index (κ1) is 12.4. The van der Waals surface area contributed by atoms with Crippen molar-refractivity contribution >= 4 is 5.91 Å². The van der Waals surface area contributed by atoms with Crippen molar-refractivity contribution in [2.75, 3.05) is 6.54 Å². The summed E-state index contributed by atoms with van der Waals surface area (Å²) >= 11 is 0. The van der Waals surface area contributed by atoms with Crippen LogP contribution >= 0.6 is 0 Å². The molecule has 0 unspecified atom stereocenters. The third-order valence-corrected chi connectivity index (χ3v) is 3.54. The van der Waals surface area contributed by atoms with E-state index in [2.05, 4.69) is 11.1 Å². The van der Waals surface area contributed by atoms with Gasteiger partial charge in [-0.05, 0) is 24.1 Å². The van der Waals surface area contributed by atoms with Crippen molar-refractivity contribution in [3.8, 4) is 6.07 Å². The fourth-order valence-electron chi connectivity index (χ4n) is 2.50. The van der Waals surface area contributed by atoms with Crippen LogP contribution in [0.15, 0.2) is 42.6 Å². The van der Waals surface area contributed by atoms with Crippen LogP contribution < -0.4 is 0 Å². The molecule has 3 rings (SSSR count). The van der Waals surface area contributed by atoms with Gasteiger partial charge in [0.15, 0.2) is 0 Å². The maximum Gasteiger partial charge on any atom is 0.254 e. The normalized spacial score (nSPS) is 13.8. The van der Waals surface area contributed by atoms with E-state index in [0.717, 1.165) is 23.1 Å². The molecule has 0 saturated carbocycles. The molecule has 1 aliphatic heterocycles. The molecule has 0 saturated heterocycles. The Morgan fingerprint density at radius 2 is 2.10 bits per heavy atom. The molecule has 2 aromatic rings. The molecule has 98 valence electrons. The van der Waals surface area contributed by atoms with Crippen molar-refractivity contribution in [3.05, 3.63) is 65.0 Å². The van der Waals surface area contributed by atoms with Gasteiger partial charge in [-0.25, -0.2) is 4.98 Å². The quantitative estimate of drug-likeness (QED) is 0.834. The van der Waals surface area contributed by atoms with E-state index in [1.807, 2.05) is 30.3 Å².